The van der Waals surface area contributed by atoms with Gasteiger partial charge in [-0.15, -0.1) is 21.5 Å². The molecule has 3 aromatic heterocycles. The van der Waals surface area contributed by atoms with Gasteiger partial charge in [-0.1, -0.05) is 17.4 Å². The number of aromatic nitrogens is 4. The third-order valence-corrected chi connectivity index (χ3v) is 6.87. The maximum Gasteiger partial charge on any atom is 0.273 e. The highest BCUT2D eigenvalue weighted by Crippen LogP contribution is 2.35. The molecule has 0 spiro atoms. The average Bonchev–Trinajstić information content (AvgIpc) is 3.13. The van der Waals surface area contributed by atoms with Gasteiger partial charge in [-0.3, -0.25) is 4.79 Å². The lowest BCUT2D eigenvalue weighted by atomic mass is 10.2. The number of fused-ring (bicyclic) bond motifs is 1. The van der Waals surface area contributed by atoms with Crippen molar-refractivity contribution in [2.24, 2.45) is 0 Å². The van der Waals surface area contributed by atoms with Crippen LogP contribution in [-0.2, 0) is 17.6 Å². The number of nitrogens with zero attached hydrogens (tertiary/aromatic N) is 5. The number of ether oxygens (including phenoxy) is 1. The number of hydrogen-bond donors (Lipinski definition) is 1. The van der Waals surface area contributed by atoms with Gasteiger partial charge >= 0.3 is 0 Å². The molecule has 1 aliphatic rings. The zero-order valence-electron chi connectivity index (χ0n) is 16.4. The van der Waals surface area contributed by atoms with Gasteiger partial charge in [0, 0.05) is 6.20 Å². The summed E-state index contributed by atoms with van der Waals surface area (Å²) in [6.07, 6.45) is 3.50. The van der Waals surface area contributed by atoms with Crippen molar-refractivity contribution in [3.05, 3.63) is 41.2 Å². The zero-order valence-corrected chi connectivity index (χ0v) is 18.0. The summed E-state index contributed by atoms with van der Waals surface area (Å²) in [5.74, 6) is 0.334. The number of carbonyl (C=O) groups is 1. The lowest BCUT2D eigenvalue weighted by Gasteiger charge is -2.06. The van der Waals surface area contributed by atoms with E-state index >= 15 is 0 Å². The van der Waals surface area contributed by atoms with Crippen LogP contribution in [0.1, 0.15) is 29.6 Å². The van der Waals surface area contributed by atoms with Gasteiger partial charge < -0.3 is 14.5 Å². The molecule has 1 aromatic carbocycles. The van der Waals surface area contributed by atoms with Gasteiger partial charge in [0.1, 0.15) is 17.0 Å². The molecule has 9 nitrogen and oxygen atoms in total. The van der Waals surface area contributed by atoms with E-state index in [-0.39, 0.29) is 18.2 Å². The van der Waals surface area contributed by atoms with Crippen LogP contribution in [0.5, 0.6) is 5.19 Å². The monoisotopic (exact) mass is 452 g/mol. The minimum absolute atomic E-state index is 0.0437. The molecule has 156 valence electrons. The number of amides is 1. The van der Waals surface area contributed by atoms with Crippen LogP contribution in [0.3, 0.4) is 0 Å². The minimum atomic E-state index is -0.704. The van der Waals surface area contributed by atoms with Crippen LogP contribution in [0, 0.1) is 11.3 Å². The molecule has 0 atom stereocenters. The van der Waals surface area contributed by atoms with Crippen LogP contribution in [0.2, 0.25) is 0 Å². The molecular formula is C20H16N6O3S2. The first-order chi connectivity index (χ1) is 15.1. The van der Waals surface area contributed by atoms with Crippen LogP contribution in [-0.4, -0.2) is 38.7 Å². The Hall–Kier alpha value is -3.36. The van der Waals surface area contributed by atoms with Gasteiger partial charge in [0.15, 0.2) is 0 Å². The predicted octanol–water partition coefficient (Wildman–Crippen LogP) is 3.12. The molecule has 1 N–H and O–H groups in total. The number of benzene rings is 1. The fourth-order valence-corrected chi connectivity index (χ4v) is 4.81. The van der Waals surface area contributed by atoms with Crippen LogP contribution < -0.4 is 10.1 Å². The van der Waals surface area contributed by atoms with Gasteiger partial charge in [0.2, 0.25) is 17.7 Å². The summed E-state index contributed by atoms with van der Waals surface area (Å²) in [6.45, 7) is 0. The number of rotatable bonds is 7. The summed E-state index contributed by atoms with van der Waals surface area (Å²) in [6, 6.07) is 8.19. The molecule has 1 fully saturated rings. The fraction of sp³-hybridized carbons (Fsp3) is 0.300. The molecule has 1 saturated carbocycles. The van der Waals surface area contributed by atoms with Gasteiger partial charge in [-0.05, 0) is 30.5 Å². The Morgan fingerprint density at radius 3 is 2.90 bits per heavy atom. The van der Waals surface area contributed by atoms with Crippen LogP contribution in [0.25, 0.3) is 20.7 Å². The van der Waals surface area contributed by atoms with Crippen molar-refractivity contribution in [2.45, 2.75) is 31.2 Å². The minimum Gasteiger partial charge on any atom is -0.473 e. The van der Waals surface area contributed by atoms with E-state index in [2.05, 4.69) is 37.6 Å². The molecule has 1 aliphatic carbocycles. The number of nitrogens with one attached hydrogen (secondary N) is 1. The van der Waals surface area contributed by atoms with Crippen molar-refractivity contribution >= 4 is 38.8 Å². The second-order valence-electron chi connectivity index (χ2n) is 7.17. The lowest BCUT2D eigenvalue weighted by Crippen LogP contribution is -2.36. The SMILES string of the molecule is COc1ncc(-c2ccc3nc(Cc4nnc(CC(=O)NC5(C#N)CC5)o4)sc3c2)s1. The molecule has 31 heavy (non-hydrogen) atoms. The Balaban J connectivity index is 1.27. The first kappa shape index (κ1) is 19.6. The van der Waals surface area contributed by atoms with E-state index in [1.54, 1.807) is 24.6 Å². The molecule has 4 aromatic rings. The van der Waals surface area contributed by atoms with E-state index in [1.807, 2.05) is 12.1 Å². The summed E-state index contributed by atoms with van der Waals surface area (Å²) in [5.41, 5.74) is 1.25. The zero-order chi connectivity index (χ0) is 21.4. The second-order valence-corrected chi connectivity index (χ2v) is 9.28. The number of thiazole rings is 2. The largest absolute Gasteiger partial charge is 0.473 e. The summed E-state index contributed by atoms with van der Waals surface area (Å²) >= 11 is 3.04. The smallest absolute Gasteiger partial charge is 0.273 e. The fourth-order valence-electron chi connectivity index (χ4n) is 3.09. The molecule has 11 heteroatoms. The van der Waals surface area contributed by atoms with Crippen molar-refractivity contribution in [1.29, 1.82) is 5.26 Å². The lowest BCUT2D eigenvalue weighted by molar-refractivity contribution is -0.121. The molecule has 5 rings (SSSR count). The van der Waals surface area contributed by atoms with Crippen molar-refractivity contribution in [3.8, 4) is 21.7 Å². The van der Waals surface area contributed by atoms with E-state index in [0.717, 1.165) is 25.7 Å². The van der Waals surface area contributed by atoms with Crippen LogP contribution >= 0.6 is 22.7 Å². The Bertz CT molecular complexity index is 1310. The van der Waals surface area contributed by atoms with Crippen molar-refractivity contribution in [1.82, 2.24) is 25.5 Å². The van der Waals surface area contributed by atoms with E-state index in [9.17, 15) is 4.79 Å². The normalized spacial score (nSPS) is 14.3. The second kappa shape index (κ2) is 7.72. The molecule has 1 amide bonds. The Morgan fingerprint density at radius 2 is 2.16 bits per heavy atom. The quantitative estimate of drug-likeness (QED) is 0.453. The highest BCUT2D eigenvalue weighted by molar-refractivity contribution is 7.19. The standard InChI is InChI=1S/C20H16N6O3S2/c1-28-19-22-9-14(31-19)11-2-3-12-13(6-11)30-18(23-12)8-17-26-25-16(29-17)7-15(27)24-20(10-21)4-5-20/h2-3,6,9H,4-5,7-8H2,1H3,(H,24,27). The molecule has 0 aliphatic heterocycles. The van der Waals surface area contributed by atoms with E-state index in [4.69, 9.17) is 14.4 Å². The number of carbonyl (C=O) groups excluding carboxylic acids is 1. The topological polar surface area (TPSA) is 127 Å². The Morgan fingerprint density at radius 1 is 1.32 bits per heavy atom. The van der Waals surface area contributed by atoms with Crippen molar-refractivity contribution in [3.63, 3.8) is 0 Å². The van der Waals surface area contributed by atoms with Crippen LogP contribution in [0.15, 0.2) is 28.8 Å². The molecule has 0 bridgehead atoms. The Labute approximate surface area is 184 Å². The first-order valence-electron chi connectivity index (χ1n) is 9.49. The van der Waals surface area contributed by atoms with Gasteiger partial charge in [0.25, 0.3) is 5.19 Å². The average molecular weight is 453 g/mol. The Kier molecular flexibility index (Phi) is 4.88. The maximum absolute atomic E-state index is 12.1. The van der Waals surface area contributed by atoms with Gasteiger partial charge in [0.05, 0.1) is 34.7 Å². The molecular weight excluding hydrogens is 436 g/mol. The number of hydrogen-bond acceptors (Lipinski definition) is 10. The number of methoxy groups -OCH3 is 1. The van der Waals surface area contributed by atoms with Gasteiger partial charge in [-0.2, -0.15) is 5.26 Å². The molecule has 3 heterocycles. The first-order valence-corrected chi connectivity index (χ1v) is 11.1. The van der Waals surface area contributed by atoms with E-state index in [1.165, 1.54) is 11.3 Å². The summed E-state index contributed by atoms with van der Waals surface area (Å²) in [4.78, 5) is 22.0. The molecule has 0 radical (unpaired) electrons. The van der Waals surface area contributed by atoms with Gasteiger partial charge in [-0.25, -0.2) is 9.97 Å². The summed E-state index contributed by atoms with van der Waals surface area (Å²) < 4.78 is 11.8. The number of nitriles is 1. The summed E-state index contributed by atoms with van der Waals surface area (Å²) in [5, 5.41) is 21.2. The third-order valence-electron chi connectivity index (χ3n) is 4.84. The molecule has 0 saturated heterocycles. The summed E-state index contributed by atoms with van der Waals surface area (Å²) in [7, 11) is 1.60. The predicted molar refractivity (Wildman–Crippen MR) is 114 cm³/mol. The molecule has 0 unspecified atom stereocenters. The van der Waals surface area contributed by atoms with Crippen LogP contribution in [0.4, 0.5) is 0 Å². The van der Waals surface area contributed by atoms with Crippen molar-refractivity contribution in [2.75, 3.05) is 7.11 Å². The van der Waals surface area contributed by atoms with E-state index < -0.39 is 5.54 Å². The maximum atomic E-state index is 12.1. The highest BCUT2D eigenvalue weighted by atomic mass is 32.1. The van der Waals surface area contributed by atoms with Crippen molar-refractivity contribution < 1.29 is 13.9 Å². The van der Waals surface area contributed by atoms with E-state index in [0.29, 0.717) is 30.3 Å². The third kappa shape index (κ3) is 4.12. The highest BCUT2D eigenvalue weighted by Gasteiger charge is 2.44.